The van der Waals surface area contributed by atoms with Crippen LogP contribution in [0.4, 0.5) is 0 Å². The fraction of sp³-hybridized carbons (Fsp3) is 0.500. The Balaban J connectivity index is 2.08. The van der Waals surface area contributed by atoms with Crippen LogP contribution in [-0.4, -0.2) is 45.9 Å². The number of amidine groups is 1. The number of nitrogens with two attached hydrogens (primary N) is 1. The molecule has 9 heteroatoms. The van der Waals surface area contributed by atoms with Gasteiger partial charge in [0.2, 0.25) is 0 Å². The van der Waals surface area contributed by atoms with Crippen molar-refractivity contribution >= 4 is 66.7 Å². The second-order valence-electron chi connectivity index (χ2n) is 4.71. The van der Waals surface area contributed by atoms with E-state index in [2.05, 4.69) is 37.0 Å². The Labute approximate surface area is 148 Å². The molecule has 1 amide bonds. The van der Waals surface area contributed by atoms with Crippen LogP contribution in [0.3, 0.4) is 0 Å². The van der Waals surface area contributed by atoms with E-state index < -0.39 is 0 Å². The first-order chi connectivity index (χ1) is 9.93. The first-order valence-corrected chi connectivity index (χ1v) is 9.83. The first kappa shape index (κ1) is 17.1. The third-order valence-corrected chi connectivity index (χ3v) is 8.32. The smallest absolute Gasteiger partial charge is 0.264 e. The molecule has 2 rings (SSSR count). The lowest BCUT2D eigenvalue weighted by Crippen LogP contribution is -2.51. The Morgan fingerprint density at radius 2 is 2.14 bits per heavy atom. The van der Waals surface area contributed by atoms with Gasteiger partial charge in [0.1, 0.15) is 0 Å². The van der Waals surface area contributed by atoms with Crippen LogP contribution in [0.25, 0.3) is 0 Å². The Morgan fingerprint density at radius 3 is 2.57 bits per heavy atom. The number of oxime groups is 1. The van der Waals surface area contributed by atoms with E-state index in [0.717, 1.165) is 8.26 Å². The van der Waals surface area contributed by atoms with Crippen LogP contribution in [0.15, 0.2) is 19.5 Å². The third kappa shape index (κ3) is 3.40. The van der Waals surface area contributed by atoms with Gasteiger partial charge in [0, 0.05) is 17.6 Å². The van der Waals surface area contributed by atoms with Crippen LogP contribution in [0.1, 0.15) is 22.5 Å². The topological polar surface area (TPSA) is 78.9 Å². The minimum atomic E-state index is -0.373. The average molecular weight is 457 g/mol. The summed E-state index contributed by atoms with van der Waals surface area (Å²) in [4.78, 5) is 15.0. The maximum Gasteiger partial charge on any atom is 0.264 e. The van der Waals surface area contributed by atoms with Crippen molar-refractivity contribution in [2.24, 2.45) is 10.9 Å². The molecule has 0 aromatic carbocycles. The van der Waals surface area contributed by atoms with E-state index in [-0.39, 0.29) is 16.5 Å². The zero-order valence-electron chi connectivity index (χ0n) is 11.3. The number of likely N-dealkylation sites (tertiary alicyclic amines) is 1. The quantitative estimate of drug-likeness (QED) is 0.316. The SMILES string of the molecule is CSC1(C(N)=NO)CCN(C(=O)c2cc(Br)c(Br)s2)CC1. The van der Waals surface area contributed by atoms with E-state index in [1.54, 1.807) is 11.8 Å². The van der Waals surface area contributed by atoms with Crippen molar-refractivity contribution in [2.45, 2.75) is 17.6 Å². The van der Waals surface area contributed by atoms with Crippen LogP contribution in [-0.2, 0) is 0 Å². The van der Waals surface area contributed by atoms with Gasteiger partial charge in [-0.05, 0) is 57.0 Å². The number of nitrogens with zero attached hydrogens (tertiary/aromatic N) is 2. The highest BCUT2D eigenvalue weighted by molar-refractivity contribution is 9.13. The number of halogens is 2. The molecule has 0 aliphatic carbocycles. The molecule has 1 aliphatic heterocycles. The number of thiophene rings is 1. The van der Waals surface area contributed by atoms with Gasteiger partial charge in [0.15, 0.2) is 5.84 Å². The Kier molecular flexibility index (Phi) is 5.61. The van der Waals surface area contributed by atoms with Gasteiger partial charge in [-0.1, -0.05) is 5.16 Å². The maximum atomic E-state index is 12.5. The minimum absolute atomic E-state index is 0.0283. The van der Waals surface area contributed by atoms with Gasteiger partial charge >= 0.3 is 0 Å². The number of piperidine rings is 1. The number of carbonyl (C=O) groups is 1. The molecule has 1 aromatic heterocycles. The molecule has 0 bridgehead atoms. The summed E-state index contributed by atoms with van der Waals surface area (Å²) in [5, 5.41) is 12.1. The zero-order valence-corrected chi connectivity index (χ0v) is 16.1. The molecular weight excluding hydrogens is 442 g/mol. The van der Waals surface area contributed by atoms with Gasteiger partial charge in [-0.2, -0.15) is 11.8 Å². The van der Waals surface area contributed by atoms with Crippen molar-refractivity contribution in [2.75, 3.05) is 19.3 Å². The molecule has 0 spiro atoms. The normalized spacial score (nSPS) is 18.8. The highest BCUT2D eigenvalue weighted by Crippen LogP contribution is 2.37. The summed E-state index contributed by atoms with van der Waals surface area (Å²) >= 11 is 9.79. The molecule has 0 radical (unpaired) electrons. The molecule has 0 unspecified atom stereocenters. The Bertz CT molecular complexity index is 549. The van der Waals surface area contributed by atoms with Crippen LogP contribution in [0.2, 0.25) is 0 Å². The summed E-state index contributed by atoms with van der Waals surface area (Å²) in [7, 11) is 0. The van der Waals surface area contributed by atoms with Gasteiger partial charge in [0.25, 0.3) is 5.91 Å². The van der Waals surface area contributed by atoms with Gasteiger partial charge < -0.3 is 15.8 Å². The molecule has 1 aliphatic rings. The summed E-state index contributed by atoms with van der Waals surface area (Å²) in [6, 6.07) is 1.83. The molecule has 0 saturated carbocycles. The average Bonchev–Trinajstić information content (AvgIpc) is 2.85. The molecule has 1 fully saturated rings. The van der Waals surface area contributed by atoms with E-state index in [1.165, 1.54) is 11.3 Å². The second kappa shape index (κ2) is 6.89. The van der Waals surface area contributed by atoms with Gasteiger partial charge in [-0.15, -0.1) is 11.3 Å². The number of carbonyl (C=O) groups excluding carboxylic acids is 1. The molecule has 0 atom stereocenters. The number of thioether (sulfide) groups is 1. The standard InChI is InChI=1S/C12H15Br2N3O2S2/c1-20-12(11(15)16-19)2-4-17(5-3-12)10(18)8-6-7(13)9(14)21-8/h6,19H,2-5H2,1H3,(H2,15,16). The Morgan fingerprint density at radius 1 is 1.52 bits per heavy atom. The molecule has 2 heterocycles. The lowest BCUT2D eigenvalue weighted by atomic mass is 9.94. The first-order valence-electron chi connectivity index (χ1n) is 6.21. The molecular formula is C12H15Br2N3O2S2. The molecule has 21 heavy (non-hydrogen) atoms. The predicted octanol–water partition coefficient (Wildman–Crippen LogP) is 3.36. The van der Waals surface area contributed by atoms with Crippen molar-refractivity contribution in [3.63, 3.8) is 0 Å². The summed E-state index contributed by atoms with van der Waals surface area (Å²) in [6.07, 6.45) is 3.32. The number of rotatable bonds is 3. The van der Waals surface area contributed by atoms with E-state index in [1.807, 2.05) is 17.2 Å². The molecule has 1 saturated heterocycles. The van der Waals surface area contributed by atoms with Crippen molar-refractivity contribution in [1.82, 2.24) is 4.90 Å². The molecule has 116 valence electrons. The van der Waals surface area contributed by atoms with Crippen LogP contribution >= 0.6 is 55.0 Å². The number of hydrogen-bond acceptors (Lipinski definition) is 5. The molecule has 3 N–H and O–H groups in total. The van der Waals surface area contributed by atoms with Gasteiger partial charge in [0.05, 0.1) is 13.4 Å². The lowest BCUT2D eigenvalue weighted by Gasteiger charge is -2.39. The largest absolute Gasteiger partial charge is 0.409 e. The van der Waals surface area contributed by atoms with E-state index in [9.17, 15) is 4.79 Å². The lowest BCUT2D eigenvalue weighted by molar-refractivity contribution is 0.0723. The highest BCUT2D eigenvalue weighted by atomic mass is 79.9. The highest BCUT2D eigenvalue weighted by Gasteiger charge is 2.39. The number of hydrogen-bond donors (Lipinski definition) is 2. The minimum Gasteiger partial charge on any atom is -0.409 e. The predicted molar refractivity (Wildman–Crippen MR) is 94.5 cm³/mol. The van der Waals surface area contributed by atoms with E-state index in [4.69, 9.17) is 10.9 Å². The number of amides is 1. The molecule has 5 nitrogen and oxygen atoms in total. The maximum absolute atomic E-state index is 12.5. The van der Waals surface area contributed by atoms with Crippen molar-refractivity contribution in [3.05, 3.63) is 19.2 Å². The Hall–Kier alpha value is -0.250. The van der Waals surface area contributed by atoms with Gasteiger partial charge in [-0.3, -0.25) is 4.79 Å². The second-order valence-corrected chi connectivity index (χ2v) is 9.12. The van der Waals surface area contributed by atoms with Crippen molar-refractivity contribution in [3.8, 4) is 0 Å². The van der Waals surface area contributed by atoms with Gasteiger partial charge in [-0.25, -0.2) is 0 Å². The monoisotopic (exact) mass is 455 g/mol. The van der Waals surface area contributed by atoms with Crippen LogP contribution < -0.4 is 5.73 Å². The summed E-state index contributed by atoms with van der Waals surface area (Å²) < 4.78 is 1.43. The zero-order chi connectivity index (χ0) is 15.6. The summed E-state index contributed by atoms with van der Waals surface area (Å²) in [5.41, 5.74) is 5.81. The van der Waals surface area contributed by atoms with E-state index in [0.29, 0.717) is 30.8 Å². The molecule has 1 aromatic rings. The summed E-state index contributed by atoms with van der Waals surface area (Å²) in [6.45, 7) is 1.20. The summed E-state index contributed by atoms with van der Waals surface area (Å²) in [5.74, 6) is 0.268. The third-order valence-electron chi connectivity index (χ3n) is 3.68. The van der Waals surface area contributed by atoms with Crippen molar-refractivity contribution in [1.29, 1.82) is 0 Å². The fourth-order valence-electron chi connectivity index (χ4n) is 2.33. The van der Waals surface area contributed by atoms with Crippen molar-refractivity contribution < 1.29 is 10.0 Å². The fourth-order valence-corrected chi connectivity index (χ4v) is 5.18. The van der Waals surface area contributed by atoms with E-state index >= 15 is 0 Å². The van der Waals surface area contributed by atoms with Crippen LogP contribution in [0, 0.1) is 0 Å². The van der Waals surface area contributed by atoms with Crippen LogP contribution in [0.5, 0.6) is 0 Å².